The summed E-state index contributed by atoms with van der Waals surface area (Å²) in [6, 6.07) is 7.64. The first-order valence-electron chi connectivity index (χ1n) is 6.69. The van der Waals surface area contributed by atoms with Crippen LogP contribution in [-0.4, -0.2) is 31.5 Å². The van der Waals surface area contributed by atoms with Crippen LogP contribution in [0.3, 0.4) is 0 Å². The van der Waals surface area contributed by atoms with Gasteiger partial charge in [-0.2, -0.15) is 5.10 Å². The van der Waals surface area contributed by atoms with E-state index in [0.717, 1.165) is 0 Å². The van der Waals surface area contributed by atoms with Crippen LogP contribution in [0, 0.1) is 0 Å². The van der Waals surface area contributed by atoms with E-state index in [0.29, 0.717) is 32.8 Å². The normalized spacial score (nSPS) is 10.7. The highest BCUT2D eigenvalue weighted by Crippen LogP contribution is 2.35. The number of ether oxygens (including phenoxy) is 2. The van der Waals surface area contributed by atoms with Gasteiger partial charge in [0.05, 0.1) is 41.7 Å². The summed E-state index contributed by atoms with van der Waals surface area (Å²) in [6.07, 6.45) is 1.50. The number of halogens is 2. The summed E-state index contributed by atoms with van der Waals surface area (Å²) in [4.78, 5) is 11.0. The first kappa shape index (κ1) is 17.9. The Balaban J connectivity index is 2.22. The zero-order chi connectivity index (χ0) is 17.7. The lowest BCUT2D eigenvalue weighted by atomic mass is 10.2. The van der Waals surface area contributed by atoms with Crippen molar-refractivity contribution in [1.29, 1.82) is 0 Å². The first-order chi connectivity index (χ1) is 11.5. The summed E-state index contributed by atoms with van der Waals surface area (Å²) in [5.74, 6) is -0.149. The molecule has 0 aliphatic heterocycles. The summed E-state index contributed by atoms with van der Waals surface area (Å²) in [5.41, 5.74) is 3.84. The Morgan fingerprint density at radius 2 is 1.92 bits per heavy atom. The second kappa shape index (κ2) is 7.90. The van der Waals surface area contributed by atoms with Gasteiger partial charge in [0.1, 0.15) is 0 Å². The lowest BCUT2D eigenvalue weighted by Gasteiger charge is -2.10. The van der Waals surface area contributed by atoms with Gasteiger partial charge in [-0.3, -0.25) is 5.43 Å². The quantitative estimate of drug-likeness (QED) is 0.591. The average molecular weight is 369 g/mol. The standard InChI is InChI=1S/C16H14Cl2N2O4/c1-23-14-6-9(5-12(18)15(14)24-2)8-19-20-13-7-10(16(21)22)3-4-11(13)17/h3-8,20H,1-2H3,(H,21,22)/b19-8-. The van der Waals surface area contributed by atoms with E-state index in [2.05, 4.69) is 10.5 Å². The number of hydrogen-bond acceptors (Lipinski definition) is 5. The van der Waals surface area contributed by atoms with E-state index >= 15 is 0 Å². The summed E-state index contributed by atoms with van der Waals surface area (Å²) < 4.78 is 10.4. The van der Waals surface area contributed by atoms with E-state index in [-0.39, 0.29) is 5.56 Å². The molecule has 0 bridgehead atoms. The van der Waals surface area contributed by atoms with Gasteiger partial charge in [-0.1, -0.05) is 23.2 Å². The second-order valence-corrected chi connectivity index (χ2v) is 5.42. The van der Waals surface area contributed by atoms with Crippen LogP contribution in [0.15, 0.2) is 35.4 Å². The number of nitrogens with zero attached hydrogens (tertiary/aromatic N) is 1. The maximum absolute atomic E-state index is 11.0. The minimum absolute atomic E-state index is 0.103. The summed E-state index contributed by atoms with van der Waals surface area (Å²) in [7, 11) is 3.00. The van der Waals surface area contributed by atoms with Crippen LogP contribution in [0.25, 0.3) is 0 Å². The molecule has 126 valence electrons. The fraction of sp³-hybridized carbons (Fsp3) is 0.125. The molecule has 0 heterocycles. The zero-order valence-corrected chi connectivity index (χ0v) is 14.4. The Labute approximate surface area is 148 Å². The van der Waals surface area contributed by atoms with Gasteiger partial charge < -0.3 is 14.6 Å². The van der Waals surface area contributed by atoms with Crippen molar-refractivity contribution in [2.24, 2.45) is 5.10 Å². The number of benzene rings is 2. The van der Waals surface area contributed by atoms with Crippen LogP contribution in [0.5, 0.6) is 11.5 Å². The molecule has 0 aromatic heterocycles. The van der Waals surface area contributed by atoms with Gasteiger partial charge in [0.15, 0.2) is 11.5 Å². The van der Waals surface area contributed by atoms with Crippen LogP contribution in [0.4, 0.5) is 5.69 Å². The molecule has 2 aromatic rings. The van der Waals surface area contributed by atoms with Crippen molar-refractivity contribution < 1.29 is 19.4 Å². The molecular weight excluding hydrogens is 355 g/mol. The molecule has 0 aliphatic rings. The lowest BCUT2D eigenvalue weighted by molar-refractivity contribution is 0.0697. The molecule has 2 N–H and O–H groups in total. The van der Waals surface area contributed by atoms with Crippen molar-refractivity contribution in [2.75, 3.05) is 19.6 Å². The molecule has 0 unspecified atom stereocenters. The van der Waals surface area contributed by atoms with Crippen LogP contribution in [-0.2, 0) is 0 Å². The molecule has 0 radical (unpaired) electrons. The highest BCUT2D eigenvalue weighted by Gasteiger charge is 2.10. The maximum atomic E-state index is 11.0. The van der Waals surface area contributed by atoms with Gasteiger partial charge in [-0.25, -0.2) is 4.79 Å². The van der Waals surface area contributed by atoms with Crippen molar-refractivity contribution in [1.82, 2.24) is 0 Å². The van der Waals surface area contributed by atoms with E-state index in [1.807, 2.05) is 0 Å². The number of carboxylic acids is 1. The Hall–Kier alpha value is -2.44. The molecule has 0 spiro atoms. The van der Waals surface area contributed by atoms with Crippen LogP contribution < -0.4 is 14.9 Å². The Morgan fingerprint density at radius 3 is 2.54 bits per heavy atom. The number of carboxylic acid groups (broad SMARTS) is 1. The molecule has 0 atom stereocenters. The third-order valence-electron chi connectivity index (χ3n) is 3.07. The van der Waals surface area contributed by atoms with Gasteiger partial charge in [-0.05, 0) is 35.9 Å². The number of rotatable bonds is 6. The summed E-state index contributed by atoms with van der Waals surface area (Å²) in [5, 5.41) is 13.8. The van der Waals surface area contributed by atoms with Crippen LogP contribution >= 0.6 is 23.2 Å². The molecule has 0 saturated carbocycles. The topological polar surface area (TPSA) is 80.2 Å². The zero-order valence-electron chi connectivity index (χ0n) is 12.8. The summed E-state index contributed by atoms with van der Waals surface area (Å²) in [6.45, 7) is 0. The van der Waals surface area contributed by atoms with E-state index < -0.39 is 5.97 Å². The molecule has 0 aliphatic carbocycles. The number of anilines is 1. The van der Waals surface area contributed by atoms with Crippen LogP contribution in [0.1, 0.15) is 15.9 Å². The molecule has 8 heteroatoms. The highest BCUT2D eigenvalue weighted by atomic mass is 35.5. The molecule has 0 amide bonds. The number of aromatic carboxylic acids is 1. The highest BCUT2D eigenvalue weighted by molar-refractivity contribution is 6.33. The smallest absolute Gasteiger partial charge is 0.335 e. The van der Waals surface area contributed by atoms with Crippen molar-refractivity contribution in [3.05, 3.63) is 51.5 Å². The summed E-state index contributed by atoms with van der Waals surface area (Å²) >= 11 is 12.1. The van der Waals surface area contributed by atoms with Gasteiger partial charge in [0, 0.05) is 0 Å². The molecule has 0 fully saturated rings. The lowest BCUT2D eigenvalue weighted by Crippen LogP contribution is -1.99. The van der Waals surface area contributed by atoms with Crippen molar-refractivity contribution >= 4 is 41.1 Å². The Morgan fingerprint density at radius 1 is 1.17 bits per heavy atom. The fourth-order valence-corrected chi connectivity index (χ4v) is 2.39. The largest absolute Gasteiger partial charge is 0.493 e. The van der Waals surface area contributed by atoms with E-state index in [4.69, 9.17) is 37.8 Å². The molecule has 0 saturated heterocycles. The molecule has 6 nitrogen and oxygen atoms in total. The molecule has 2 aromatic carbocycles. The fourth-order valence-electron chi connectivity index (χ4n) is 1.93. The minimum Gasteiger partial charge on any atom is -0.493 e. The average Bonchev–Trinajstić information content (AvgIpc) is 2.55. The second-order valence-electron chi connectivity index (χ2n) is 4.61. The monoisotopic (exact) mass is 368 g/mol. The van der Waals surface area contributed by atoms with Crippen LogP contribution in [0.2, 0.25) is 10.0 Å². The minimum atomic E-state index is -1.05. The predicted octanol–water partition coefficient (Wildman–Crippen LogP) is 4.15. The van der Waals surface area contributed by atoms with Crippen molar-refractivity contribution in [3.8, 4) is 11.5 Å². The van der Waals surface area contributed by atoms with Gasteiger partial charge >= 0.3 is 5.97 Å². The van der Waals surface area contributed by atoms with Crippen molar-refractivity contribution in [3.63, 3.8) is 0 Å². The number of carbonyl (C=O) groups is 1. The third-order valence-corrected chi connectivity index (χ3v) is 3.68. The number of hydrogen-bond donors (Lipinski definition) is 2. The Kier molecular flexibility index (Phi) is 5.89. The first-order valence-corrected chi connectivity index (χ1v) is 7.45. The number of methoxy groups -OCH3 is 2. The molecule has 24 heavy (non-hydrogen) atoms. The van der Waals surface area contributed by atoms with Gasteiger partial charge in [0.25, 0.3) is 0 Å². The number of nitrogens with one attached hydrogen (secondary N) is 1. The number of hydrazone groups is 1. The molecular formula is C16H14Cl2N2O4. The maximum Gasteiger partial charge on any atom is 0.335 e. The molecule has 2 rings (SSSR count). The van der Waals surface area contributed by atoms with Gasteiger partial charge in [0.2, 0.25) is 0 Å². The SMILES string of the molecule is COc1cc(/C=N\Nc2cc(C(=O)O)ccc2Cl)cc(Cl)c1OC. The predicted molar refractivity (Wildman–Crippen MR) is 94.2 cm³/mol. The Bertz CT molecular complexity index is 794. The van der Waals surface area contributed by atoms with E-state index in [9.17, 15) is 4.79 Å². The van der Waals surface area contributed by atoms with Crippen molar-refractivity contribution in [2.45, 2.75) is 0 Å². The van der Waals surface area contributed by atoms with E-state index in [1.165, 1.54) is 38.6 Å². The van der Waals surface area contributed by atoms with E-state index in [1.54, 1.807) is 12.1 Å². The third kappa shape index (κ3) is 4.10. The van der Waals surface area contributed by atoms with Gasteiger partial charge in [-0.15, -0.1) is 0 Å².